The Bertz CT molecular complexity index is 816. The summed E-state index contributed by atoms with van der Waals surface area (Å²) in [5.74, 6) is 0.0184. The highest BCUT2D eigenvalue weighted by Gasteiger charge is 2.28. The Balaban J connectivity index is 1.61. The molecule has 1 fully saturated rings. The van der Waals surface area contributed by atoms with Gasteiger partial charge in [0.25, 0.3) is 0 Å². The van der Waals surface area contributed by atoms with Crippen LogP contribution in [0.5, 0.6) is 0 Å². The fourth-order valence-corrected chi connectivity index (χ4v) is 4.60. The van der Waals surface area contributed by atoms with Gasteiger partial charge in [-0.2, -0.15) is 5.10 Å². The van der Waals surface area contributed by atoms with Gasteiger partial charge >= 0.3 is 0 Å². The smallest absolute Gasteiger partial charge is 0.222 e. The van der Waals surface area contributed by atoms with E-state index >= 15 is 0 Å². The second-order valence-corrected chi connectivity index (χ2v) is 8.04. The Morgan fingerprint density at radius 1 is 1.41 bits per heavy atom. The van der Waals surface area contributed by atoms with Crippen LogP contribution in [0, 0.1) is 0 Å². The molecule has 1 N–H and O–H groups in total. The van der Waals surface area contributed by atoms with Gasteiger partial charge in [0.05, 0.1) is 23.6 Å². The highest BCUT2D eigenvalue weighted by atomic mass is 35.5. The molecule has 8 heteroatoms. The summed E-state index contributed by atoms with van der Waals surface area (Å²) >= 11 is 6.06. The van der Waals surface area contributed by atoms with Gasteiger partial charge in [-0.3, -0.25) is 9.48 Å². The van der Waals surface area contributed by atoms with E-state index in [1.807, 2.05) is 24.3 Å². The van der Waals surface area contributed by atoms with Gasteiger partial charge in [-0.25, -0.2) is 8.42 Å². The molecule has 6 nitrogen and oxygen atoms in total. The predicted molar refractivity (Wildman–Crippen MR) is 84.6 cm³/mol. The summed E-state index contributed by atoms with van der Waals surface area (Å²) in [4.78, 5) is 11.9. The van der Waals surface area contributed by atoms with Crippen LogP contribution in [-0.4, -0.2) is 41.7 Å². The van der Waals surface area contributed by atoms with Crippen molar-refractivity contribution in [2.75, 3.05) is 11.5 Å². The average Bonchev–Trinajstić information content (AvgIpc) is 2.97. The van der Waals surface area contributed by atoms with Crippen LogP contribution in [-0.2, 0) is 21.2 Å². The van der Waals surface area contributed by atoms with Gasteiger partial charge < -0.3 is 5.32 Å². The van der Waals surface area contributed by atoms with E-state index in [4.69, 9.17) is 11.6 Å². The van der Waals surface area contributed by atoms with Crippen LogP contribution in [0.15, 0.2) is 24.3 Å². The zero-order valence-corrected chi connectivity index (χ0v) is 13.4. The maximum atomic E-state index is 11.9. The first kappa shape index (κ1) is 15.3. The van der Waals surface area contributed by atoms with E-state index in [-0.39, 0.29) is 29.9 Å². The molecule has 2 heterocycles. The zero-order valence-electron chi connectivity index (χ0n) is 11.8. The number of sulfone groups is 1. The lowest BCUT2D eigenvalue weighted by molar-refractivity contribution is -0.121. The van der Waals surface area contributed by atoms with Crippen molar-refractivity contribution in [3.8, 4) is 0 Å². The molecule has 1 aliphatic rings. The lowest BCUT2D eigenvalue weighted by Crippen LogP contribution is -2.36. The van der Waals surface area contributed by atoms with E-state index in [0.717, 1.165) is 10.9 Å². The second kappa shape index (κ2) is 5.89. The molecule has 2 aromatic rings. The third-order valence-corrected chi connectivity index (χ3v) is 5.81. The Hall–Kier alpha value is -1.60. The number of amides is 1. The predicted octanol–water partition coefficient (Wildman–Crippen LogP) is 1.38. The molecule has 3 rings (SSSR count). The van der Waals surface area contributed by atoms with E-state index in [2.05, 4.69) is 10.4 Å². The SMILES string of the molecule is O=C(CCn1nc(Cl)c2ccccc21)NC1CCS(=O)(=O)C1. The van der Waals surface area contributed by atoms with Crippen LogP contribution in [0.1, 0.15) is 12.8 Å². The molecule has 0 radical (unpaired) electrons. The maximum Gasteiger partial charge on any atom is 0.222 e. The largest absolute Gasteiger partial charge is 0.352 e. The van der Waals surface area contributed by atoms with Crippen molar-refractivity contribution < 1.29 is 13.2 Å². The van der Waals surface area contributed by atoms with Crippen molar-refractivity contribution >= 4 is 38.2 Å². The minimum absolute atomic E-state index is 0.0370. The Kier molecular flexibility index (Phi) is 4.10. The van der Waals surface area contributed by atoms with Gasteiger partial charge in [0.2, 0.25) is 5.91 Å². The van der Waals surface area contributed by atoms with Crippen molar-refractivity contribution in [2.45, 2.75) is 25.4 Å². The van der Waals surface area contributed by atoms with Gasteiger partial charge in [-0.15, -0.1) is 0 Å². The van der Waals surface area contributed by atoms with Gasteiger partial charge in [0, 0.05) is 17.8 Å². The van der Waals surface area contributed by atoms with Gasteiger partial charge in [0.1, 0.15) is 0 Å². The molecule has 0 aliphatic carbocycles. The van der Waals surface area contributed by atoms with Crippen LogP contribution in [0.25, 0.3) is 10.9 Å². The molecule has 1 amide bonds. The number of aryl methyl sites for hydroxylation is 1. The fourth-order valence-electron chi connectivity index (χ4n) is 2.67. The molecule has 0 bridgehead atoms. The average molecular weight is 342 g/mol. The second-order valence-electron chi connectivity index (χ2n) is 5.45. The van der Waals surface area contributed by atoms with Crippen molar-refractivity contribution in [1.82, 2.24) is 15.1 Å². The standard InChI is InChI=1S/C14H16ClN3O3S/c15-14-11-3-1-2-4-12(11)18(17-14)7-5-13(19)16-10-6-8-22(20,21)9-10/h1-4,10H,5-9H2,(H,16,19). The van der Waals surface area contributed by atoms with E-state index in [1.165, 1.54) is 0 Å². The molecule has 118 valence electrons. The highest BCUT2D eigenvalue weighted by molar-refractivity contribution is 7.91. The summed E-state index contributed by atoms with van der Waals surface area (Å²) in [5, 5.41) is 8.26. The number of benzene rings is 1. The topological polar surface area (TPSA) is 81.1 Å². The first-order valence-electron chi connectivity index (χ1n) is 7.05. The number of fused-ring (bicyclic) bond motifs is 1. The van der Waals surface area contributed by atoms with Crippen LogP contribution in [0.4, 0.5) is 0 Å². The number of nitrogens with one attached hydrogen (secondary N) is 1. The molecule has 0 spiro atoms. The lowest BCUT2D eigenvalue weighted by atomic mass is 10.2. The van der Waals surface area contributed by atoms with E-state index < -0.39 is 9.84 Å². The molecule has 1 aromatic heterocycles. The first-order chi connectivity index (χ1) is 10.4. The molecule has 1 atom stereocenters. The Morgan fingerprint density at radius 3 is 2.91 bits per heavy atom. The van der Waals surface area contributed by atoms with E-state index in [9.17, 15) is 13.2 Å². The fraction of sp³-hybridized carbons (Fsp3) is 0.429. The van der Waals surface area contributed by atoms with E-state index in [0.29, 0.717) is 18.1 Å². The summed E-state index contributed by atoms with van der Waals surface area (Å²) in [7, 11) is -2.98. The minimum atomic E-state index is -2.98. The maximum absolute atomic E-state index is 11.9. The van der Waals surface area contributed by atoms with Gasteiger partial charge in [0.15, 0.2) is 15.0 Å². The summed E-state index contributed by atoms with van der Waals surface area (Å²) in [6.07, 6.45) is 0.725. The number of hydrogen-bond donors (Lipinski definition) is 1. The number of rotatable bonds is 4. The summed E-state index contributed by atoms with van der Waals surface area (Å²) in [6, 6.07) is 7.28. The number of halogens is 1. The number of nitrogens with zero attached hydrogens (tertiary/aromatic N) is 2. The number of aromatic nitrogens is 2. The van der Waals surface area contributed by atoms with Crippen molar-refractivity contribution in [3.63, 3.8) is 0 Å². The number of carbonyl (C=O) groups is 1. The highest BCUT2D eigenvalue weighted by Crippen LogP contribution is 2.22. The van der Waals surface area contributed by atoms with Gasteiger partial charge in [-0.05, 0) is 18.6 Å². The summed E-state index contributed by atoms with van der Waals surface area (Å²) in [5.41, 5.74) is 0.878. The van der Waals surface area contributed by atoms with Crippen LogP contribution >= 0.6 is 11.6 Å². The van der Waals surface area contributed by atoms with Gasteiger partial charge in [-0.1, -0.05) is 23.7 Å². The van der Waals surface area contributed by atoms with E-state index in [1.54, 1.807) is 4.68 Å². The number of carbonyl (C=O) groups excluding carboxylic acids is 1. The molecule has 1 aliphatic heterocycles. The first-order valence-corrected chi connectivity index (χ1v) is 9.25. The van der Waals surface area contributed by atoms with Crippen molar-refractivity contribution in [3.05, 3.63) is 29.4 Å². The monoisotopic (exact) mass is 341 g/mol. The molecular formula is C14H16ClN3O3S. The zero-order chi connectivity index (χ0) is 15.7. The molecule has 1 aromatic carbocycles. The quantitative estimate of drug-likeness (QED) is 0.911. The van der Waals surface area contributed by atoms with Crippen LogP contribution < -0.4 is 5.32 Å². The Morgan fingerprint density at radius 2 is 2.18 bits per heavy atom. The summed E-state index contributed by atoms with van der Waals surface area (Å²) < 4.78 is 24.4. The summed E-state index contributed by atoms with van der Waals surface area (Å²) in [6.45, 7) is 0.401. The molecule has 22 heavy (non-hydrogen) atoms. The molecule has 0 saturated carbocycles. The van der Waals surface area contributed by atoms with Crippen LogP contribution in [0.3, 0.4) is 0 Å². The number of para-hydroxylation sites is 1. The molecule has 1 unspecified atom stereocenters. The molecular weight excluding hydrogens is 326 g/mol. The minimum Gasteiger partial charge on any atom is -0.352 e. The number of hydrogen-bond acceptors (Lipinski definition) is 4. The molecule has 1 saturated heterocycles. The van der Waals surface area contributed by atoms with Crippen LogP contribution in [0.2, 0.25) is 5.15 Å². The van der Waals surface area contributed by atoms with Crippen molar-refractivity contribution in [1.29, 1.82) is 0 Å². The third kappa shape index (κ3) is 3.25. The third-order valence-electron chi connectivity index (χ3n) is 3.76. The normalized spacial score (nSPS) is 20.3. The Labute approximate surface area is 133 Å². The van der Waals surface area contributed by atoms with Crippen molar-refractivity contribution in [2.24, 2.45) is 0 Å². The lowest BCUT2D eigenvalue weighted by Gasteiger charge is -2.10.